The van der Waals surface area contributed by atoms with Crippen molar-refractivity contribution in [1.82, 2.24) is 9.78 Å². The van der Waals surface area contributed by atoms with Crippen molar-refractivity contribution >= 4 is 0 Å². The maximum Gasteiger partial charge on any atom is 0.171 e. The number of aliphatic hydroxyl groups is 1. The van der Waals surface area contributed by atoms with E-state index in [0.717, 1.165) is 0 Å². The van der Waals surface area contributed by atoms with Gasteiger partial charge in [-0.3, -0.25) is 4.68 Å². The maximum atomic E-state index is 14.0. The van der Waals surface area contributed by atoms with Crippen LogP contribution in [-0.4, -0.2) is 22.0 Å². The highest BCUT2D eigenvalue weighted by atomic mass is 19.1. The van der Waals surface area contributed by atoms with Crippen LogP contribution in [-0.2, 0) is 6.54 Å². The summed E-state index contributed by atoms with van der Waals surface area (Å²) in [6.45, 7) is 2.64. The molecule has 0 aliphatic carbocycles. The second-order valence-electron chi connectivity index (χ2n) is 3.90. The molecule has 0 aliphatic rings. The Bertz CT molecular complexity index is 540. The Morgan fingerprint density at radius 2 is 2.28 bits per heavy atom. The van der Waals surface area contributed by atoms with Gasteiger partial charge in [-0.05, 0) is 13.0 Å². The molecule has 1 unspecified atom stereocenters. The topological polar surface area (TPSA) is 47.3 Å². The molecule has 0 aliphatic heterocycles. The van der Waals surface area contributed by atoms with Gasteiger partial charge in [0.1, 0.15) is 6.10 Å². The number of halogens is 1. The minimum Gasteiger partial charge on any atom is -0.494 e. The molecule has 5 heteroatoms. The Kier molecular flexibility index (Phi) is 3.62. The summed E-state index contributed by atoms with van der Waals surface area (Å²) in [6, 6.07) is 4.69. The number of methoxy groups -OCH3 is 1. The third-order valence-electron chi connectivity index (χ3n) is 2.80. The van der Waals surface area contributed by atoms with Gasteiger partial charge in [0, 0.05) is 23.9 Å². The molecular formula is C13H15FN2O2. The Balaban J connectivity index is 2.36. The number of hydrogen-bond acceptors (Lipinski definition) is 3. The molecular weight excluding hydrogens is 235 g/mol. The van der Waals surface area contributed by atoms with Gasteiger partial charge in [0.2, 0.25) is 0 Å². The lowest BCUT2D eigenvalue weighted by Gasteiger charge is -2.12. The Hall–Kier alpha value is -1.88. The molecule has 0 amide bonds. The number of ether oxygens (including phenoxy) is 1. The van der Waals surface area contributed by atoms with Gasteiger partial charge in [0.25, 0.3) is 0 Å². The van der Waals surface area contributed by atoms with Gasteiger partial charge in [-0.2, -0.15) is 5.10 Å². The third kappa shape index (κ3) is 2.22. The molecule has 96 valence electrons. The summed E-state index contributed by atoms with van der Waals surface area (Å²) >= 11 is 0. The van der Waals surface area contributed by atoms with E-state index in [2.05, 4.69) is 5.10 Å². The minimum atomic E-state index is -1.04. The molecule has 0 fully saturated rings. The average molecular weight is 250 g/mol. The van der Waals surface area contributed by atoms with E-state index in [-0.39, 0.29) is 11.3 Å². The van der Waals surface area contributed by atoms with E-state index in [1.165, 1.54) is 25.4 Å². The Labute approximate surface area is 105 Å². The van der Waals surface area contributed by atoms with Gasteiger partial charge >= 0.3 is 0 Å². The van der Waals surface area contributed by atoms with E-state index >= 15 is 0 Å². The first kappa shape index (κ1) is 12.6. The van der Waals surface area contributed by atoms with Crippen molar-refractivity contribution in [3.05, 3.63) is 47.5 Å². The lowest BCUT2D eigenvalue weighted by Crippen LogP contribution is -2.03. The van der Waals surface area contributed by atoms with Crippen LogP contribution >= 0.6 is 0 Å². The lowest BCUT2D eigenvalue weighted by molar-refractivity contribution is 0.213. The molecule has 18 heavy (non-hydrogen) atoms. The van der Waals surface area contributed by atoms with Crippen molar-refractivity contribution in [2.24, 2.45) is 0 Å². The standard InChI is InChI=1S/C13H15FN2O2/c1-3-16-8-9(7-15-16)13(17)10-5-4-6-11(18-2)12(10)14/h4-8,13,17H,3H2,1-2H3. The summed E-state index contributed by atoms with van der Waals surface area (Å²) in [6.07, 6.45) is 2.19. The van der Waals surface area contributed by atoms with Gasteiger partial charge in [0.15, 0.2) is 11.6 Å². The number of benzene rings is 1. The summed E-state index contributed by atoms with van der Waals surface area (Å²) in [7, 11) is 1.39. The number of hydrogen-bond donors (Lipinski definition) is 1. The predicted octanol–water partition coefficient (Wildman–Crippen LogP) is 2.13. The molecule has 0 saturated carbocycles. The lowest BCUT2D eigenvalue weighted by atomic mass is 10.0. The molecule has 0 saturated heterocycles. The zero-order chi connectivity index (χ0) is 13.1. The van der Waals surface area contributed by atoms with Crippen LogP contribution < -0.4 is 4.74 Å². The van der Waals surface area contributed by atoms with E-state index < -0.39 is 11.9 Å². The second kappa shape index (κ2) is 5.18. The summed E-state index contributed by atoms with van der Waals surface area (Å²) in [5.41, 5.74) is 0.744. The number of aliphatic hydroxyl groups excluding tert-OH is 1. The molecule has 2 rings (SSSR count). The third-order valence-corrected chi connectivity index (χ3v) is 2.80. The first-order valence-corrected chi connectivity index (χ1v) is 5.70. The molecule has 1 heterocycles. The second-order valence-corrected chi connectivity index (χ2v) is 3.90. The molecule has 0 bridgehead atoms. The molecule has 1 aromatic heterocycles. The number of rotatable bonds is 4. The molecule has 0 spiro atoms. The van der Waals surface area contributed by atoms with E-state index in [1.54, 1.807) is 16.9 Å². The van der Waals surface area contributed by atoms with Gasteiger partial charge in [-0.25, -0.2) is 4.39 Å². The van der Waals surface area contributed by atoms with Crippen LogP contribution in [0.3, 0.4) is 0 Å². The van der Waals surface area contributed by atoms with E-state index in [9.17, 15) is 9.50 Å². The number of aryl methyl sites for hydroxylation is 1. The molecule has 2 aromatic rings. The minimum absolute atomic E-state index is 0.120. The van der Waals surface area contributed by atoms with Crippen LogP contribution in [0.1, 0.15) is 24.2 Å². The number of aromatic nitrogens is 2. The van der Waals surface area contributed by atoms with Crippen LogP contribution in [0.15, 0.2) is 30.6 Å². The Morgan fingerprint density at radius 1 is 1.50 bits per heavy atom. The van der Waals surface area contributed by atoms with Crippen LogP contribution in [0.4, 0.5) is 4.39 Å². The summed E-state index contributed by atoms with van der Waals surface area (Å²) in [5, 5.41) is 14.2. The largest absolute Gasteiger partial charge is 0.494 e. The van der Waals surface area contributed by atoms with Gasteiger partial charge in [-0.15, -0.1) is 0 Å². The quantitative estimate of drug-likeness (QED) is 0.904. The van der Waals surface area contributed by atoms with Gasteiger partial charge in [-0.1, -0.05) is 12.1 Å². The van der Waals surface area contributed by atoms with Gasteiger partial charge in [0.05, 0.1) is 13.3 Å². The van der Waals surface area contributed by atoms with Crippen molar-refractivity contribution in [3.8, 4) is 5.75 Å². The van der Waals surface area contributed by atoms with Crippen LogP contribution in [0.2, 0.25) is 0 Å². The zero-order valence-electron chi connectivity index (χ0n) is 10.3. The van der Waals surface area contributed by atoms with Crippen molar-refractivity contribution < 1.29 is 14.2 Å². The van der Waals surface area contributed by atoms with Crippen molar-refractivity contribution in [2.45, 2.75) is 19.6 Å². The van der Waals surface area contributed by atoms with Crippen LogP contribution in [0, 0.1) is 5.82 Å². The highest BCUT2D eigenvalue weighted by Gasteiger charge is 2.19. The molecule has 1 N–H and O–H groups in total. The first-order chi connectivity index (χ1) is 8.67. The van der Waals surface area contributed by atoms with Crippen LogP contribution in [0.5, 0.6) is 5.75 Å². The first-order valence-electron chi connectivity index (χ1n) is 5.70. The van der Waals surface area contributed by atoms with Crippen LogP contribution in [0.25, 0.3) is 0 Å². The monoisotopic (exact) mass is 250 g/mol. The van der Waals surface area contributed by atoms with Crippen molar-refractivity contribution in [3.63, 3.8) is 0 Å². The Morgan fingerprint density at radius 3 is 2.89 bits per heavy atom. The van der Waals surface area contributed by atoms with Gasteiger partial charge < -0.3 is 9.84 Å². The zero-order valence-corrected chi connectivity index (χ0v) is 10.3. The molecule has 1 aromatic carbocycles. The van der Waals surface area contributed by atoms with E-state index in [0.29, 0.717) is 12.1 Å². The smallest absolute Gasteiger partial charge is 0.171 e. The molecule has 4 nitrogen and oxygen atoms in total. The van der Waals surface area contributed by atoms with Crippen molar-refractivity contribution in [2.75, 3.05) is 7.11 Å². The fraction of sp³-hybridized carbons (Fsp3) is 0.308. The highest BCUT2D eigenvalue weighted by Crippen LogP contribution is 2.28. The molecule has 0 radical (unpaired) electrons. The number of nitrogens with zero attached hydrogens (tertiary/aromatic N) is 2. The van der Waals surface area contributed by atoms with Crippen molar-refractivity contribution in [1.29, 1.82) is 0 Å². The highest BCUT2D eigenvalue weighted by molar-refractivity contribution is 5.36. The summed E-state index contributed by atoms with van der Waals surface area (Å²) in [5.74, 6) is -0.425. The fourth-order valence-corrected chi connectivity index (χ4v) is 1.77. The fourth-order valence-electron chi connectivity index (χ4n) is 1.77. The maximum absolute atomic E-state index is 14.0. The predicted molar refractivity (Wildman–Crippen MR) is 64.9 cm³/mol. The normalized spacial score (nSPS) is 12.4. The average Bonchev–Trinajstić information content (AvgIpc) is 2.87. The summed E-state index contributed by atoms with van der Waals surface area (Å²) in [4.78, 5) is 0. The molecule has 1 atom stereocenters. The van der Waals surface area contributed by atoms with E-state index in [1.807, 2.05) is 6.92 Å². The van der Waals surface area contributed by atoms with E-state index in [4.69, 9.17) is 4.74 Å². The SMILES string of the molecule is CCn1cc(C(O)c2cccc(OC)c2F)cn1. The summed E-state index contributed by atoms with van der Waals surface area (Å²) < 4.78 is 20.6.